The van der Waals surface area contributed by atoms with Crippen LogP contribution in [0.4, 0.5) is 4.39 Å². The topological polar surface area (TPSA) is 54.5 Å². The van der Waals surface area contributed by atoms with Crippen LogP contribution in [0.15, 0.2) is 66.9 Å². The number of nitrogens with one attached hydrogen (secondary N) is 1. The number of rotatable bonds is 9. The summed E-state index contributed by atoms with van der Waals surface area (Å²) in [6, 6.07) is 18.1. The molecule has 6 heteroatoms. The lowest BCUT2D eigenvalue weighted by Gasteiger charge is -2.26. The third kappa shape index (κ3) is 7.12. The Kier molecular flexibility index (Phi) is 8.04. The lowest BCUT2D eigenvalue weighted by atomic mass is 10.1. The lowest BCUT2D eigenvalue weighted by molar-refractivity contribution is -0.120. The molecule has 1 fully saturated rings. The van der Waals surface area contributed by atoms with Crippen molar-refractivity contribution < 1.29 is 13.9 Å². The second-order valence-corrected chi connectivity index (χ2v) is 8.40. The zero-order valence-electron chi connectivity index (χ0n) is 18.8. The van der Waals surface area contributed by atoms with E-state index in [1.54, 1.807) is 18.3 Å². The number of ether oxygens (including phenoxy) is 1. The molecular weight excluding hydrogens is 417 g/mol. The van der Waals surface area contributed by atoms with Gasteiger partial charge < -0.3 is 10.1 Å². The molecule has 0 atom stereocenters. The number of carbonyl (C=O) groups excluding carboxylic acids is 1. The quantitative estimate of drug-likeness (QED) is 0.520. The molecule has 33 heavy (non-hydrogen) atoms. The summed E-state index contributed by atoms with van der Waals surface area (Å²) in [5.41, 5.74) is 3.45. The molecule has 0 aliphatic carbocycles. The third-order valence-corrected chi connectivity index (χ3v) is 5.86. The zero-order valence-corrected chi connectivity index (χ0v) is 18.8. The molecule has 172 valence electrons. The largest absolute Gasteiger partial charge is 0.492 e. The maximum absolute atomic E-state index is 13.2. The number of halogens is 1. The number of aromatic nitrogens is 1. The van der Waals surface area contributed by atoms with Gasteiger partial charge in [0.25, 0.3) is 0 Å². The van der Waals surface area contributed by atoms with E-state index in [0.717, 1.165) is 29.0 Å². The molecule has 2 heterocycles. The first-order valence-electron chi connectivity index (χ1n) is 11.6. The van der Waals surface area contributed by atoms with Crippen LogP contribution in [-0.4, -0.2) is 42.0 Å². The molecule has 1 saturated heterocycles. The number of amides is 1. The predicted octanol–water partition coefficient (Wildman–Crippen LogP) is 4.61. The summed E-state index contributed by atoms with van der Waals surface area (Å²) in [6.07, 6.45) is 5.89. The summed E-state index contributed by atoms with van der Waals surface area (Å²) < 4.78 is 19.1. The number of nitrogens with zero attached hydrogens (tertiary/aromatic N) is 2. The molecule has 1 aliphatic heterocycles. The van der Waals surface area contributed by atoms with Crippen LogP contribution in [0.1, 0.15) is 30.5 Å². The Hall–Kier alpha value is -3.25. The number of likely N-dealkylation sites (tertiary alicyclic amines) is 1. The van der Waals surface area contributed by atoms with Gasteiger partial charge in [0.2, 0.25) is 5.91 Å². The van der Waals surface area contributed by atoms with E-state index in [-0.39, 0.29) is 18.1 Å². The monoisotopic (exact) mass is 447 g/mol. The minimum absolute atomic E-state index is 0.148. The number of pyridine rings is 1. The van der Waals surface area contributed by atoms with Gasteiger partial charge in [-0.15, -0.1) is 0 Å². The molecule has 3 aromatic rings. The molecule has 0 bridgehead atoms. The van der Waals surface area contributed by atoms with Crippen molar-refractivity contribution in [1.29, 1.82) is 0 Å². The van der Waals surface area contributed by atoms with Crippen LogP contribution in [-0.2, 0) is 17.8 Å². The van der Waals surface area contributed by atoms with Crippen molar-refractivity contribution in [3.05, 3.63) is 83.9 Å². The number of carbonyl (C=O) groups is 1. The van der Waals surface area contributed by atoms with Crippen molar-refractivity contribution in [2.75, 3.05) is 26.2 Å². The molecular formula is C27H30FN3O2. The number of piperidine rings is 1. The standard InChI is InChI=1S/C27H30FN3O2/c28-24-6-4-5-21(17-24)19-30-27(32)18-25-10-7-23(20-29-25)22-8-11-26(12-9-22)33-16-15-31-13-2-1-3-14-31/h4-12,17,20H,1-3,13-16,18-19H2,(H,30,32). The summed E-state index contributed by atoms with van der Waals surface area (Å²) >= 11 is 0. The number of hydrogen-bond acceptors (Lipinski definition) is 4. The molecule has 1 N–H and O–H groups in total. The van der Waals surface area contributed by atoms with Crippen LogP contribution < -0.4 is 10.1 Å². The molecule has 4 rings (SSSR count). The fraction of sp³-hybridized carbons (Fsp3) is 0.333. The molecule has 0 saturated carbocycles. The van der Waals surface area contributed by atoms with Crippen molar-refractivity contribution in [3.8, 4) is 16.9 Å². The Labute approximate surface area is 194 Å². The molecule has 5 nitrogen and oxygen atoms in total. The van der Waals surface area contributed by atoms with E-state index < -0.39 is 0 Å². The van der Waals surface area contributed by atoms with Gasteiger partial charge in [-0.25, -0.2) is 4.39 Å². The Morgan fingerprint density at radius 1 is 1.00 bits per heavy atom. The highest BCUT2D eigenvalue weighted by Gasteiger charge is 2.10. The Bertz CT molecular complexity index is 1030. The molecule has 1 aliphatic rings. The smallest absolute Gasteiger partial charge is 0.226 e. The van der Waals surface area contributed by atoms with Gasteiger partial charge in [0.05, 0.1) is 6.42 Å². The fourth-order valence-corrected chi connectivity index (χ4v) is 3.99. The zero-order chi connectivity index (χ0) is 22.9. The Morgan fingerprint density at radius 3 is 2.52 bits per heavy atom. The van der Waals surface area contributed by atoms with Crippen molar-refractivity contribution in [1.82, 2.24) is 15.2 Å². The van der Waals surface area contributed by atoms with Gasteiger partial charge in [-0.2, -0.15) is 0 Å². The van der Waals surface area contributed by atoms with E-state index >= 15 is 0 Å². The second kappa shape index (κ2) is 11.6. The van der Waals surface area contributed by atoms with Crippen LogP contribution in [0.2, 0.25) is 0 Å². The Balaban J connectivity index is 1.23. The molecule has 0 spiro atoms. The van der Waals surface area contributed by atoms with E-state index in [0.29, 0.717) is 18.8 Å². The highest BCUT2D eigenvalue weighted by Crippen LogP contribution is 2.22. The highest BCUT2D eigenvalue weighted by molar-refractivity contribution is 5.78. The summed E-state index contributed by atoms with van der Waals surface area (Å²) in [4.78, 5) is 19.1. The summed E-state index contributed by atoms with van der Waals surface area (Å²) in [5.74, 6) is 0.414. The normalized spacial score (nSPS) is 14.1. The van der Waals surface area contributed by atoms with Crippen LogP contribution >= 0.6 is 0 Å². The van der Waals surface area contributed by atoms with Crippen LogP contribution in [0, 0.1) is 5.82 Å². The number of benzene rings is 2. The van der Waals surface area contributed by atoms with Crippen LogP contribution in [0.3, 0.4) is 0 Å². The first kappa shape index (κ1) is 22.9. The maximum Gasteiger partial charge on any atom is 0.226 e. The van der Waals surface area contributed by atoms with E-state index in [2.05, 4.69) is 15.2 Å². The molecule has 1 aromatic heterocycles. The van der Waals surface area contributed by atoms with Crippen LogP contribution in [0.5, 0.6) is 5.75 Å². The van der Waals surface area contributed by atoms with Gasteiger partial charge in [0, 0.05) is 30.5 Å². The van der Waals surface area contributed by atoms with E-state index in [4.69, 9.17) is 4.74 Å². The van der Waals surface area contributed by atoms with Gasteiger partial charge in [0.15, 0.2) is 0 Å². The Morgan fingerprint density at radius 2 is 1.79 bits per heavy atom. The van der Waals surface area contributed by atoms with Gasteiger partial charge in [0.1, 0.15) is 18.2 Å². The predicted molar refractivity (Wildman–Crippen MR) is 127 cm³/mol. The third-order valence-electron chi connectivity index (χ3n) is 5.86. The highest BCUT2D eigenvalue weighted by atomic mass is 19.1. The lowest BCUT2D eigenvalue weighted by Crippen LogP contribution is -2.33. The molecule has 2 aromatic carbocycles. The van der Waals surface area contributed by atoms with Gasteiger partial charge >= 0.3 is 0 Å². The van der Waals surface area contributed by atoms with Gasteiger partial charge in [-0.1, -0.05) is 36.8 Å². The SMILES string of the molecule is O=C(Cc1ccc(-c2ccc(OCCN3CCCCC3)cc2)cn1)NCc1cccc(F)c1. The average molecular weight is 448 g/mol. The first-order valence-corrected chi connectivity index (χ1v) is 11.6. The van der Waals surface area contributed by atoms with Crippen molar-refractivity contribution >= 4 is 5.91 Å². The van der Waals surface area contributed by atoms with E-state index in [1.807, 2.05) is 36.4 Å². The maximum atomic E-state index is 13.2. The van der Waals surface area contributed by atoms with Gasteiger partial charge in [-0.05, 0) is 67.4 Å². The van der Waals surface area contributed by atoms with Crippen molar-refractivity contribution in [2.45, 2.75) is 32.2 Å². The van der Waals surface area contributed by atoms with Crippen molar-refractivity contribution in [3.63, 3.8) is 0 Å². The van der Waals surface area contributed by atoms with E-state index in [1.165, 1.54) is 44.5 Å². The molecule has 0 radical (unpaired) electrons. The summed E-state index contributed by atoms with van der Waals surface area (Å²) in [6.45, 7) is 4.33. The van der Waals surface area contributed by atoms with Crippen LogP contribution in [0.25, 0.3) is 11.1 Å². The molecule has 0 unspecified atom stereocenters. The first-order chi connectivity index (χ1) is 16.2. The minimum atomic E-state index is -0.309. The van der Waals surface area contributed by atoms with Crippen molar-refractivity contribution in [2.24, 2.45) is 0 Å². The average Bonchev–Trinajstić information content (AvgIpc) is 2.85. The minimum Gasteiger partial charge on any atom is -0.492 e. The van der Waals surface area contributed by atoms with E-state index in [9.17, 15) is 9.18 Å². The summed E-state index contributed by atoms with van der Waals surface area (Å²) in [7, 11) is 0. The van der Waals surface area contributed by atoms with Gasteiger partial charge in [-0.3, -0.25) is 14.7 Å². The summed E-state index contributed by atoms with van der Waals surface area (Å²) in [5, 5.41) is 2.80. The molecule has 1 amide bonds. The second-order valence-electron chi connectivity index (χ2n) is 8.40. The fourth-order valence-electron chi connectivity index (χ4n) is 3.99. The number of hydrogen-bond donors (Lipinski definition) is 1.